The summed E-state index contributed by atoms with van der Waals surface area (Å²) in [5, 5.41) is 5.68. The molecular weight excluding hydrogens is 415 g/mol. The lowest BCUT2D eigenvalue weighted by Gasteiger charge is -2.15. The lowest BCUT2D eigenvalue weighted by molar-refractivity contribution is -0.123. The molecule has 0 spiro atoms. The number of hydrogen-bond donors (Lipinski definition) is 2. The van der Waals surface area contributed by atoms with Gasteiger partial charge in [-0.15, -0.1) is 0 Å². The molecular formula is C20H20BrFN2O3. The minimum atomic E-state index is -0.533. The van der Waals surface area contributed by atoms with Crippen molar-refractivity contribution in [3.8, 4) is 5.75 Å². The van der Waals surface area contributed by atoms with E-state index < -0.39 is 5.82 Å². The van der Waals surface area contributed by atoms with Gasteiger partial charge >= 0.3 is 0 Å². The van der Waals surface area contributed by atoms with E-state index in [1.54, 1.807) is 6.07 Å². The van der Waals surface area contributed by atoms with E-state index >= 15 is 0 Å². The van der Waals surface area contributed by atoms with Crippen LogP contribution in [-0.4, -0.2) is 18.4 Å². The summed E-state index contributed by atoms with van der Waals surface area (Å²) in [6.07, 6.45) is 1.92. The molecule has 0 aliphatic heterocycles. The largest absolute Gasteiger partial charge is 0.481 e. The molecule has 142 valence electrons. The van der Waals surface area contributed by atoms with Crippen LogP contribution in [-0.2, 0) is 9.59 Å². The van der Waals surface area contributed by atoms with Gasteiger partial charge in [-0.1, -0.05) is 28.1 Å². The summed E-state index contributed by atoms with van der Waals surface area (Å²) in [6, 6.07) is 11.5. The number of carbonyl (C=O) groups excluding carboxylic acids is 2. The molecule has 1 aliphatic carbocycles. The molecule has 1 unspecified atom stereocenters. The molecule has 2 N–H and O–H groups in total. The topological polar surface area (TPSA) is 67.4 Å². The zero-order valence-corrected chi connectivity index (χ0v) is 16.4. The Labute approximate surface area is 165 Å². The summed E-state index contributed by atoms with van der Waals surface area (Å²) < 4.78 is 19.5. The fourth-order valence-corrected chi connectivity index (χ4v) is 2.88. The summed E-state index contributed by atoms with van der Waals surface area (Å²) >= 11 is 3.17. The minimum absolute atomic E-state index is 0.0248. The van der Waals surface area contributed by atoms with Crippen molar-refractivity contribution in [3.05, 3.63) is 58.3 Å². The SMILES string of the molecule is CC(NC(=O)COc1ccc(Br)cc1F)c1ccc(NC(=O)C2CC2)cc1. The average Bonchev–Trinajstić information content (AvgIpc) is 3.46. The van der Waals surface area contributed by atoms with Gasteiger partial charge in [-0.25, -0.2) is 4.39 Å². The third-order valence-corrected chi connectivity index (χ3v) is 4.75. The van der Waals surface area contributed by atoms with Crippen molar-refractivity contribution in [2.75, 3.05) is 11.9 Å². The molecule has 2 aromatic carbocycles. The van der Waals surface area contributed by atoms with Crippen LogP contribution in [0.3, 0.4) is 0 Å². The van der Waals surface area contributed by atoms with Gasteiger partial charge in [0.2, 0.25) is 5.91 Å². The molecule has 0 saturated heterocycles. The smallest absolute Gasteiger partial charge is 0.258 e. The molecule has 2 amide bonds. The number of anilines is 1. The Morgan fingerprint density at radius 1 is 1.22 bits per heavy atom. The highest BCUT2D eigenvalue weighted by molar-refractivity contribution is 9.10. The number of rotatable bonds is 7. The minimum Gasteiger partial charge on any atom is -0.481 e. The molecule has 1 fully saturated rings. The molecule has 0 bridgehead atoms. The van der Waals surface area contributed by atoms with Crippen molar-refractivity contribution in [3.63, 3.8) is 0 Å². The summed E-state index contributed by atoms with van der Waals surface area (Å²) in [4.78, 5) is 23.8. The molecule has 0 aromatic heterocycles. The van der Waals surface area contributed by atoms with Crippen molar-refractivity contribution >= 4 is 33.4 Å². The third-order valence-electron chi connectivity index (χ3n) is 4.26. The van der Waals surface area contributed by atoms with Crippen LogP contribution in [0, 0.1) is 11.7 Å². The lowest BCUT2D eigenvalue weighted by Crippen LogP contribution is -2.31. The molecule has 0 heterocycles. The van der Waals surface area contributed by atoms with Gasteiger partial charge in [-0.3, -0.25) is 9.59 Å². The molecule has 0 radical (unpaired) electrons. The van der Waals surface area contributed by atoms with E-state index in [0.717, 1.165) is 24.1 Å². The Morgan fingerprint density at radius 3 is 2.56 bits per heavy atom. The van der Waals surface area contributed by atoms with Gasteiger partial charge in [-0.05, 0) is 55.7 Å². The van der Waals surface area contributed by atoms with E-state index in [1.165, 1.54) is 12.1 Å². The molecule has 2 aromatic rings. The molecule has 27 heavy (non-hydrogen) atoms. The first-order valence-electron chi connectivity index (χ1n) is 8.70. The zero-order valence-electron chi connectivity index (χ0n) is 14.8. The van der Waals surface area contributed by atoms with Gasteiger partial charge in [0.15, 0.2) is 18.2 Å². The van der Waals surface area contributed by atoms with E-state index in [4.69, 9.17) is 4.74 Å². The van der Waals surface area contributed by atoms with E-state index in [2.05, 4.69) is 26.6 Å². The molecule has 7 heteroatoms. The summed E-state index contributed by atoms with van der Waals surface area (Å²) in [6.45, 7) is 1.56. The maximum Gasteiger partial charge on any atom is 0.258 e. The highest BCUT2D eigenvalue weighted by Gasteiger charge is 2.29. The fourth-order valence-electron chi connectivity index (χ4n) is 2.55. The number of benzene rings is 2. The maximum absolute atomic E-state index is 13.7. The van der Waals surface area contributed by atoms with Crippen LogP contribution in [0.25, 0.3) is 0 Å². The number of amides is 2. The van der Waals surface area contributed by atoms with Crippen molar-refractivity contribution in [2.24, 2.45) is 5.92 Å². The van der Waals surface area contributed by atoms with Crippen LogP contribution >= 0.6 is 15.9 Å². The first kappa shape index (κ1) is 19.4. The number of carbonyl (C=O) groups is 2. The van der Waals surface area contributed by atoms with E-state index in [0.29, 0.717) is 4.47 Å². The Hall–Kier alpha value is -2.41. The zero-order chi connectivity index (χ0) is 19.4. The van der Waals surface area contributed by atoms with Crippen LogP contribution in [0.15, 0.2) is 46.9 Å². The van der Waals surface area contributed by atoms with Crippen molar-refractivity contribution in [1.82, 2.24) is 5.32 Å². The van der Waals surface area contributed by atoms with Gasteiger partial charge in [0, 0.05) is 16.1 Å². The second-order valence-corrected chi connectivity index (χ2v) is 7.45. The maximum atomic E-state index is 13.7. The fraction of sp³-hybridized carbons (Fsp3) is 0.300. The van der Waals surface area contributed by atoms with Crippen LogP contribution in [0.2, 0.25) is 0 Å². The molecule has 1 atom stereocenters. The molecule has 3 rings (SSSR count). The van der Waals surface area contributed by atoms with Crippen molar-refractivity contribution < 1.29 is 18.7 Å². The van der Waals surface area contributed by atoms with Crippen LogP contribution in [0.1, 0.15) is 31.4 Å². The first-order chi connectivity index (χ1) is 12.9. The third kappa shape index (κ3) is 5.53. The van der Waals surface area contributed by atoms with Gasteiger partial charge in [0.1, 0.15) is 0 Å². The Morgan fingerprint density at radius 2 is 1.93 bits per heavy atom. The van der Waals surface area contributed by atoms with Gasteiger partial charge in [-0.2, -0.15) is 0 Å². The number of nitrogens with one attached hydrogen (secondary N) is 2. The highest BCUT2D eigenvalue weighted by Crippen LogP contribution is 2.30. The van der Waals surface area contributed by atoms with Crippen molar-refractivity contribution in [2.45, 2.75) is 25.8 Å². The lowest BCUT2D eigenvalue weighted by atomic mass is 10.1. The number of halogens is 2. The second-order valence-electron chi connectivity index (χ2n) is 6.54. The van der Waals surface area contributed by atoms with E-state index in [1.807, 2.05) is 31.2 Å². The van der Waals surface area contributed by atoms with Crippen molar-refractivity contribution in [1.29, 1.82) is 0 Å². The monoisotopic (exact) mass is 434 g/mol. The van der Waals surface area contributed by atoms with Crippen LogP contribution in [0.5, 0.6) is 5.75 Å². The predicted molar refractivity (Wildman–Crippen MR) is 104 cm³/mol. The average molecular weight is 435 g/mol. The quantitative estimate of drug-likeness (QED) is 0.686. The van der Waals surface area contributed by atoms with Crippen LogP contribution in [0.4, 0.5) is 10.1 Å². The summed E-state index contributed by atoms with van der Waals surface area (Å²) in [5.74, 6) is -0.651. The Bertz CT molecular complexity index is 838. The molecule has 1 saturated carbocycles. The first-order valence-corrected chi connectivity index (χ1v) is 9.49. The normalized spacial score (nSPS) is 14.3. The summed E-state index contributed by atoms with van der Waals surface area (Å²) in [7, 11) is 0. The predicted octanol–water partition coefficient (Wildman–Crippen LogP) is 4.19. The highest BCUT2D eigenvalue weighted by atomic mass is 79.9. The van der Waals surface area contributed by atoms with E-state index in [-0.39, 0.29) is 36.1 Å². The molecule has 5 nitrogen and oxygen atoms in total. The second kappa shape index (κ2) is 8.52. The standard InChI is InChI=1S/C20H20BrFN2O3/c1-12(13-4-7-16(8-5-13)24-20(26)14-2-3-14)23-19(25)11-27-18-9-6-15(21)10-17(18)22/h4-10,12,14H,2-3,11H2,1H3,(H,23,25)(H,24,26). The Balaban J connectivity index is 1.49. The van der Waals surface area contributed by atoms with Gasteiger partial charge in [0.05, 0.1) is 6.04 Å². The van der Waals surface area contributed by atoms with E-state index in [9.17, 15) is 14.0 Å². The number of ether oxygens (including phenoxy) is 1. The summed E-state index contributed by atoms with van der Waals surface area (Å²) in [5.41, 5.74) is 1.63. The molecule has 1 aliphatic rings. The van der Waals surface area contributed by atoms with Gasteiger partial charge < -0.3 is 15.4 Å². The van der Waals surface area contributed by atoms with Crippen LogP contribution < -0.4 is 15.4 Å². The van der Waals surface area contributed by atoms with Gasteiger partial charge in [0.25, 0.3) is 5.91 Å². The Kier molecular flexibility index (Phi) is 6.11. The number of hydrogen-bond acceptors (Lipinski definition) is 3.